The highest BCUT2D eigenvalue weighted by Crippen LogP contribution is 2.36. The minimum Gasteiger partial charge on any atom is -0.385 e. The number of halogens is 1. The number of carbonyl (C=O) groups is 1. The van der Waals surface area contributed by atoms with Crippen molar-refractivity contribution in [2.24, 2.45) is 0 Å². The van der Waals surface area contributed by atoms with E-state index in [0.717, 1.165) is 48.0 Å². The van der Waals surface area contributed by atoms with Gasteiger partial charge in [-0.05, 0) is 99.4 Å². The maximum absolute atomic E-state index is 12.7. The standard InChI is InChI=1S/C32H40ClN7O2/c1-5-18-40-31(35-27-14-8-24(9-15-27)30(41)34-23(2)22-37(3)4)36-29-28(7-6-19-39(29)40)38-20-16-32(42,17-21-38)25-10-12-26(33)13-11-25/h6-15,19,23,42H,5,16-18,20-22H2,1-4H3,(H,34,41)/p+1. The zero-order valence-corrected chi connectivity index (χ0v) is 25.6. The Morgan fingerprint density at radius 2 is 1.81 bits per heavy atom. The number of aromatic nitrogens is 3. The molecular weight excluding hydrogens is 550 g/mol. The summed E-state index contributed by atoms with van der Waals surface area (Å²) >= 11 is 6.07. The predicted octanol–water partition coefficient (Wildman–Crippen LogP) is 4.60. The Hall–Kier alpha value is -3.66. The number of benzene rings is 2. The average molecular weight is 591 g/mol. The summed E-state index contributed by atoms with van der Waals surface area (Å²) in [5, 5.41) is 18.6. The van der Waals surface area contributed by atoms with E-state index in [1.165, 1.54) is 0 Å². The van der Waals surface area contributed by atoms with Crippen LogP contribution in [0.5, 0.6) is 0 Å². The molecule has 222 valence electrons. The third-order valence-corrected chi connectivity index (χ3v) is 8.06. The Labute approximate surface area is 252 Å². The lowest BCUT2D eigenvalue weighted by Crippen LogP contribution is -2.43. The van der Waals surface area contributed by atoms with Crippen molar-refractivity contribution >= 4 is 40.5 Å². The molecule has 0 radical (unpaired) electrons. The number of hydrogen-bond donors (Lipinski definition) is 3. The Balaban J connectivity index is 1.34. The summed E-state index contributed by atoms with van der Waals surface area (Å²) in [6, 6.07) is 19.2. The maximum Gasteiger partial charge on any atom is 0.416 e. The molecule has 1 aliphatic heterocycles. The van der Waals surface area contributed by atoms with Crippen molar-refractivity contribution in [3.8, 4) is 0 Å². The average Bonchev–Trinajstić information content (AvgIpc) is 3.31. The fourth-order valence-corrected chi connectivity index (χ4v) is 5.83. The fourth-order valence-electron chi connectivity index (χ4n) is 5.71. The number of aryl methyl sites for hydroxylation is 1. The van der Waals surface area contributed by atoms with Gasteiger partial charge in [-0.3, -0.25) is 4.79 Å². The molecule has 1 amide bonds. The molecule has 1 fully saturated rings. The van der Waals surface area contributed by atoms with Gasteiger partial charge < -0.3 is 20.2 Å². The number of anilines is 3. The molecule has 0 saturated carbocycles. The van der Waals surface area contributed by atoms with Gasteiger partial charge in [-0.2, -0.15) is 9.20 Å². The summed E-state index contributed by atoms with van der Waals surface area (Å²) in [4.78, 5) is 22.1. The first-order valence-corrected chi connectivity index (χ1v) is 15.0. The van der Waals surface area contributed by atoms with Gasteiger partial charge in [0.05, 0.1) is 17.8 Å². The van der Waals surface area contributed by atoms with E-state index < -0.39 is 5.60 Å². The highest BCUT2D eigenvalue weighted by Gasteiger charge is 2.35. The number of amides is 1. The van der Waals surface area contributed by atoms with Crippen LogP contribution in [0.15, 0.2) is 66.9 Å². The van der Waals surface area contributed by atoms with E-state index >= 15 is 0 Å². The Kier molecular flexibility index (Phi) is 9.01. The van der Waals surface area contributed by atoms with E-state index in [1.807, 2.05) is 81.8 Å². The second kappa shape index (κ2) is 12.7. The highest BCUT2D eigenvalue weighted by atomic mass is 35.5. The number of pyridine rings is 1. The first-order chi connectivity index (χ1) is 20.2. The minimum atomic E-state index is -0.871. The number of nitrogens with one attached hydrogen (secondary N) is 2. The Morgan fingerprint density at radius 1 is 1.12 bits per heavy atom. The SMILES string of the molecule is CCC[n+]1c(Nc2ccc(C(=O)NC(C)CN(C)C)cc2)nc2c(N3CCC(O)(c4ccc(Cl)cc4)CC3)cccn21. The van der Waals surface area contributed by atoms with Crippen LogP contribution in [-0.4, -0.2) is 65.2 Å². The summed E-state index contributed by atoms with van der Waals surface area (Å²) in [5.41, 5.74) is 3.40. The second-order valence-electron chi connectivity index (χ2n) is 11.5. The summed E-state index contributed by atoms with van der Waals surface area (Å²) < 4.78 is 4.23. The highest BCUT2D eigenvalue weighted by molar-refractivity contribution is 6.30. The molecule has 1 unspecified atom stereocenters. The molecule has 1 saturated heterocycles. The zero-order chi connectivity index (χ0) is 29.9. The van der Waals surface area contributed by atoms with Gasteiger partial charge in [0.15, 0.2) is 0 Å². The van der Waals surface area contributed by atoms with Gasteiger partial charge in [0.25, 0.3) is 11.6 Å². The molecule has 0 bridgehead atoms. The number of rotatable bonds is 10. The van der Waals surface area contributed by atoms with Crippen LogP contribution in [0.25, 0.3) is 5.65 Å². The number of fused-ring (bicyclic) bond motifs is 1. The van der Waals surface area contributed by atoms with Gasteiger partial charge in [-0.15, -0.1) is 0 Å². The lowest BCUT2D eigenvalue weighted by Gasteiger charge is -2.39. The first-order valence-electron chi connectivity index (χ1n) is 14.6. The molecule has 4 aromatic rings. The van der Waals surface area contributed by atoms with Crippen molar-refractivity contribution in [1.82, 2.24) is 19.7 Å². The topological polar surface area (TPSA) is 89.0 Å². The van der Waals surface area contributed by atoms with Gasteiger partial charge in [0.2, 0.25) is 0 Å². The number of piperidine rings is 1. The van der Waals surface area contributed by atoms with Crippen molar-refractivity contribution in [2.45, 2.75) is 51.3 Å². The van der Waals surface area contributed by atoms with Crippen LogP contribution in [0.1, 0.15) is 49.0 Å². The summed E-state index contributed by atoms with van der Waals surface area (Å²) in [7, 11) is 3.98. The van der Waals surface area contributed by atoms with Gasteiger partial charge in [0, 0.05) is 42.5 Å². The second-order valence-corrected chi connectivity index (χ2v) is 11.9. The zero-order valence-electron chi connectivity index (χ0n) is 24.8. The van der Waals surface area contributed by atoms with E-state index in [1.54, 1.807) is 0 Å². The van der Waals surface area contributed by atoms with Crippen molar-refractivity contribution < 1.29 is 14.6 Å². The van der Waals surface area contributed by atoms with Crippen molar-refractivity contribution in [1.29, 1.82) is 0 Å². The smallest absolute Gasteiger partial charge is 0.385 e. The van der Waals surface area contributed by atoms with Gasteiger partial charge in [0.1, 0.15) is 5.69 Å². The molecule has 0 aliphatic carbocycles. The third-order valence-electron chi connectivity index (χ3n) is 7.81. The number of hydrogen-bond acceptors (Lipinski definition) is 6. The van der Waals surface area contributed by atoms with Crippen LogP contribution in [0, 0.1) is 0 Å². The summed E-state index contributed by atoms with van der Waals surface area (Å²) in [5.74, 6) is 0.648. The van der Waals surface area contributed by atoms with Crippen molar-refractivity contribution in [3.63, 3.8) is 0 Å². The molecule has 42 heavy (non-hydrogen) atoms. The molecule has 5 rings (SSSR count). The molecule has 2 aromatic carbocycles. The summed E-state index contributed by atoms with van der Waals surface area (Å²) in [6.07, 6.45) is 4.21. The van der Waals surface area contributed by atoms with Crippen LogP contribution >= 0.6 is 11.6 Å². The largest absolute Gasteiger partial charge is 0.416 e. The molecule has 3 heterocycles. The number of carbonyl (C=O) groups excluding carboxylic acids is 1. The monoisotopic (exact) mass is 590 g/mol. The third kappa shape index (κ3) is 6.53. The lowest BCUT2D eigenvalue weighted by atomic mass is 9.84. The number of likely N-dealkylation sites (N-methyl/N-ethyl adjacent to an activating group) is 1. The van der Waals surface area contributed by atoms with E-state index in [0.29, 0.717) is 36.5 Å². The molecule has 9 nitrogen and oxygen atoms in total. The van der Waals surface area contributed by atoms with Crippen LogP contribution in [0.3, 0.4) is 0 Å². The molecular formula is C32H41ClN7O2+. The van der Waals surface area contributed by atoms with Gasteiger partial charge in [-0.25, -0.2) is 5.32 Å². The van der Waals surface area contributed by atoms with Crippen LogP contribution in [0.4, 0.5) is 17.3 Å². The van der Waals surface area contributed by atoms with E-state index in [9.17, 15) is 9.90 Å². The van der Waals surface area contributed by atoms with Crippen molar-refractivity contribution in [3.05, 3.63) is 83.0 Å². The first kappa shape index (κ1) is 29.8. The number of aliphatic hydroxyl groups is 1. The van der Waals surface area contributed by atoms with Crippen LogP contribution < -0.4 is 20.2 Å². The lowest BCUT2D eigenvalue weighted by molar-refractivity contribution is -0.748. The predicted molar refractivity (Wildman–Crippen MR) is 168 cm³/mol. The van der Waals surface area contributed by atoms with Crippen molar-refractivity contribution in [2.75, 3.05) is 43.9 Å². The molecule has 1 atom stereocenters. The molecule has 10 heteroatoms. The Bertz CT molecular complexity index is 1510. The molecule has 2 aromatic heterocycles. The summed E-state index contributed by atoms with van der Waals surface area (Å²) in [6.45, 7) is 7.12. The van der Waals surface area contributed by atoms with E-state index in [2.05, 4.69) is 42.6 Å². The normalized spacial score (nSPS) is 15.6. The Morgan fingerprint density at radius 3 is 2.45 bits per heavy atom. The van der Waals surface area contributed by atoms with Gasteiger partial charge >= 0.3 is 5.95 Å². The van der Waals surface area contributed by atoms with Crippen LogP contribution in [0.2, 0.25) is 5.02 Å². The molecule has 0 spiro atoms. The van der Waals surface area contributed by atoms with E-state index in [4.69, 9.17) is 16.6 Å². The number of nitrogens with zero attached hydrogens (tertiary/aromatic N) is 5. The van der Waals surface area contributed by atoms with Gasteiger partial charge in [-0.1, -0.05) is 30.7 Å². The van der Waals surface area contributed by atoms with E-state index in [-0.39, 0.29) is 11.9 Å². The maximum atomic E-state index is 12.7. The fraction of sp³-hybridized carbons (Fsp3) is 0.406. The quantitative estimate of drug-likeness (QED) is 0.234. The minimum absolute atomic E-state index is 0.0524. The molecule has 1 aliphatic rings. The van der Waals surface area contributed by atoms with Crippen LogP contribution in [-0.2, 0) is 12.1 Å². The molecule has 3 N–H and O–H groups in total.